The molecule has 1 aromatic carbocycles. The molecule has 1 N–H and O–H groups in total. The van der Waals surface area contributed by atoms with E-state index in [0.717, 1.165) is 25.7 Å². The molecule has 0 fully saturated rings. The largest absolute Gasteiger partial charge is 0.466 e. The van der Waals surface area contributed by atoms with Gasteiger partial charge in [-0.25, -0.2) is 0 Å². The minimum Gasteiger partial charge on any atom is -0.466 e. The molecule has 1 aromatic rings. The van der Waals surface area contributed by atoms with Crippen LogP contribution in [0.5, 0.6) is 0 Å². The van der Waals surface area contributed by atoms with Crippen molar-refractivity contribution in [3.8, 4) is 0 Å². The smallest absolute Gasteiger partial charge is 0.311 e. The zero-order valence-electron chi connectivity index (χ0n) is 13.8. The first-order valence-corrected chi connectivity index (χ1v) is 8.16. The Morgan fingerprint density at radius 3 is 2.23 bits per heavy atom. The monoisotopic (exact) mass is 305 g/mol. The number of nitrogens with one attached hydrogen (secondary N) is 1. The van der Waals surface area contributed by atoms with Crippen molar-refractivity contribution in [2.45, 2.75) is 52.5 Å². The molecule has 0 heterocycles. The van der Waals surface area contributed by atoms with Gasteiger partial charge in [-0.05, 0) is 31.9 Å². The predicted molar refractivity (Wildman–Crippen MR) is 87.6 cm³/mol. The first-order valence-electron chi connectivity index (χ1n) is 8.16. The molecule has 0 radical (unpaired) electrons. The fourth-order valence-electron chi connectivity index (χ4n) is 2.57. The molecular weight excluding hydrogens is 278 g/mol. The number of ether oxygens (including phenoxy) is 1. The first-order chi connectivity index (χ1) is 10.6. The van der Waals surface area contributed by atoms with Crippen molar-refractivity contribution in [2.75, 3.05) is 6.61 Å². The van der Waals surface area contributed by atoms with E-state index in [2.05, 4.69) is 12.2 Å². The number of amides is 1. The van der Waals surface area contributed by atoms with E-state index in [9.17, 15) is 9.59 Å². The van der Waals surface area contributed by atoms with Crippen molar-refractivity contribution >= 4 is 11.9 Å². The van der Waals surface area contributed by atoms with Crippen LogP contribution in [-0.4, -0.2) is 24.5 Å². The lowest BCUT2D eigenvalue weighted by molar-refractivity contribution is -0.149. The average molecular weight is 305 g/mol. The molecule has 1 rings (SSSR count). The fraction of sp³-hybridized carbons (Fsp3) is 0.556. The minimum absolute atomic E-state index is 0.135. The van der Waals surface area contributed by atoms with Gasteiger partial charge in [0.1, 0.15) is 0 Å². The second kappa shape index (κ2) is 9.98. The van der Waals surface area contributed by atoms with Crippen LogP contribution in [0.3, 0.4) is 0 Å². The third kappa shape index (κ3) is 5.51. The Balaban J connectivity index is 2.84. The van der Waals surface area contributed by atoms with E-state index in [1.165, 1.54) is 0 Å². The molecule has 0 aliphatic heterocycles. The second-order valence-electron chi connectivity index (χ2n) is 5.38. The van der Waals surface area contributed by atoms with Gasteiger partial charge in [0.15, 0.2) is 0 Å². The Kier molecular flexibility index (Phi) is 8.26. The molecule has 0 saturated carbocycles. The van der Waals surface area contributed by atoms with E-state index in [4.69, 9.17) is 4.74 Å². The number of rotatable bonds is 9. The van der Waals surface area contributed by atoms with Crippen LogP contribution in [-0.2, 0) is 9.53 Å². The van der Waals surface area contributed by atoms with Crippen molar-refractivity contribution < 1.29 is 14.3 Å². The minimum atomic E-state index is -0.280. The normalized spacial score (nSPS) is 13.2. The van der Waals surface area contributed by atoms with Gasteiger partial charge in [-0.1, -0.05) is 44.9 Å². The summed E-state index contributed by atoms with van der Waals surface area (Å²) >= 11 is 0. The number of hydrogen-bond donors (Lipinski definition) is 1. The van der Waals surface area contributed by atoms with Crippen molar-refractivity contribution in [2.24, 2.45) is 5.92 Å². The van der Waals surface area contributed by atoms with Gasteiger partial charge in [0.2, 0.25) is 0 Å². The Bertz CT molecular complexity index is 459. The van der Waals surface area contributed by atoms with Crippen molar-refractivity contribution in [3.05, 3.63) is 35.9 Å². The zero-order chi connectivity index (χ0) is 16.4. The summed E-state index contributed by atoms with van der Waals surface area (Å²) in [5, 5.41) is 3.02. The third-order valence-corrected chi connectivity index (χ3v) is 3.63. The van der Waals surface area contributed by atoms with Gasteiger partial charge in [0, 0.05) is 11.6 Å². The highest BCUT2D eigenvalue weighted by atomic mass is 16.5. The van der Waals surface area contributed by atoms with Crippen LogP contribution in [0.25, 0.3) is 0 Å². The van der Waals surface area contributed by atoms with Crippen molar-refractivity contribution in [1.29, 1.82) is 0 Å². The molecule has 0 saturated heterocycles. The lowest BCUT2D eigenvalue weighted by atomic mass is 9.91. The third-order valence-electron chi connectivity index (χ3n) is 3.63. The van der Waals surface area contributed by atoms with Crippen LogP contribution >= 0.6 is 0 Å². The molecule has 2 atom stereocenters. The zero-order valence-corrected chi connectivity index (χ0v) is 13.8. The Hall–Kier alpha value is -1.84. The molecule has 4 heteroatoms. The topological polar surface area (TPSA) is 55.4 Å². The standard InChI is InChI=1S/C18H27NO3/c1-4-10-15(18(21)22-6-3)16(11-5-2)19-17(20)14-12-8-7-9-13-14/h7-9,12-13,15-16H,4-6,10-11H2,1-3H3,(H,19,20)/t15-,16+/m0/s1. The van der Waals surface area contributed by atoms with Gasteiger partial charge in [0.25, 0.3) is 5.91 Å². The molecule has 0 bridgehead atoms. The first kappa shape index (κ1) is 18.2. The number of hydrogen-bond acceptors (Lipinski definition) is 3. The van der Waals surface area contributed by atoms with Gasteiger partial charge < -0.3 is 10.1 Å². The highest BCUT2D eigenvalue weighted by Crippen LogP contribution is 2.18. The molecule has 22 heavy (non-hydrogen) atoms. The molecule has 122 valence electrons. The maximum Gasteiger partial charge on any atom is 0.311 e. The summed E-state index contributed by atoms with van der Waals surface area (Å²) in [6.07, 6.45) is 3.27. The van der Waals surface area contributed by atoms with E-state index in [0.29, 0.717) is 12.2 Å². The van der Waals surface area contributed by atoms with Gasteiger partial charge in [-0.2, -0.15) is 0 Å². The summed E-state index contributed by atoms with van der Waals surface area (Å²) in [4.78, 5) is 24.5. The van der Waals surface area contributed by atoms with E-state index < -0.39 is 0 Å². The van der Waals surface area contributed by atoms with E-state index in [-0.39, 0.29) is 23.8 Å². The summed E-state index contributed by atoms with van der Waals surface area (Å²) < 4.78 is 5.18. The molecule has 1 amide bonds. The Labute approximate surface area is 133 Å². The number of esters is 1. The second-order valence-corrected chi connectivity index (χ2v) is 5.38. The molecule has 0 aromatic heterocycles. The number of carbonyl (C=O) groups is 2. The van der Waals surface area contributed by atoms with Crippen LogP contribution < -0.4 is 5.32 Å². The summed E-state index contributed by atoms with van der Waals surface area (Å²) in [7, 11) is 0. The summed E-state index contributed by atoms with van der Waals surface area (Å²) in [5.74, 6) is -0.627. The van der Waals surface area contributed by atoms with E-state index in [1.807, 2.05) is 25.1 Å². The molecule has 4 nitrogen and oxygen atoms in total. The van der Waals surface area contributed by atoms with E-state index >= 15 is 0 Å². The summed E-state index contributed by atoms with van der Waals surface area (Å²) in [6.45, 7) is 6.26. The average Bonchev–Trinajstić information content (AvgIpc) is 2.53. The maximum atomic E-state index is 12.4. The molecule has 0 aliphatic carbocycles. The maximum absolute atomic E-state index is 12.4. The lowest BCUT2D eigenvalue weighted by Gasteiger charge is -2.26. The van der Waals surface area contributed by atoms with Crippen molar-refractivity contribution in [1.82, 2.24) is 5.32 Å². The van der Waals surface area contributed by atoms with Gasteiger partial charge in [-0.15, -0.1) is 0 Å². The van der Waals surface area contributed by atoms with Crippen LogP contribution in [0.2, 0.25) is 0 Å². The van der Waals surface area contributed by atoms with Crippen LogP contribution in [0.1, 0.15) is 56.8 Å². The fourth-order valence-corrected chi connectivity index (χ4v) is 2.57. The molecular formula is C18H27NO3. The Morgan fingerprint density at radius 1 is 1.05 bits per heavy atom. The van der Waals surface area contributed by atoms with Crippen LogP contribution in [0.15, 0.2) is 30.3 Å². The molecule has 0 unspecified atom stereocenters. The van der Waals surface area contributed by atoms with E-state index in [1.54, 1.807) is 19.1 Å². The van der Waals surface area contributed by atoms with Crippen LogP contribution in [0, 0.1) is 5.92 Å². The predicted octanol–water partition coefficient (Wildman–Crippen LogP) is 3.56. The Morgan fingerprint density at radius 2 is 1.68 bits per heavy atom. The highest BCUT2D eigenvalue weighted by Gasteiger charge is 2.29. The van der Waals surface area contributed by atoms with Gasteiger partial charge in [0.05, 0.1) is 12.5 Å². The lowest BCUT2D eigenvalue weighted by Crippen LogP contribution is -2.44. The molecule has 0 spiro atoms. The highest BCUT2D eigenvalue weighted by molar-refractivity contribution is 5.94. The van der Waals surface area contributed by atoms with Crippen LogP contribution in [0.4, 0.5) is 0 Å². The van der Waals surface area contributed by atoms with Gasteiger partial charge >= 0.3 is 5.97 Å². The summed E-state index contributed by atoms with van der Waals surface area (Å²) in [5.41, 5.74) is 0.614. The number of benzene rings is 1. The number of carbonyl (C=O) groups excluding carboxylic acids is 2. The van der Waals surface area contributed by atoms with Gasteiger partial charge in [-0.3, -0.25) is 9.59 Å². The summed E-state index contributed by atoms with van der Waals surface area (Å²) in [6, 6.07) is 8.90. The molecule has 0 aliphatic rings. The van der Waals surface area contributed by atoms with Crippen molar-refractivity contribution in [3.63, 3.8) is 0 Å². The quantitative estimate of drug-likeness (QED) is 0.710. The SMILES string of the molecule is CCC[C@H](C(=O)OCC)[C@@H](CCC)NC(=O)c1ccccc1.